The zero-order valence-corrected chi connectivity index (χ0v) is 13.3. The van der Waals surface area contributed by atoms with Crippen LogP contribution in [0.3, 0.4) is 0 Å². The molecule has 0 spiro atoms. The molecule has 1 rings (SSSR count). The van der Waals surface area contributed by atoms with Crippen LogP contribution >= 0.6 is 0 Å². The molecule has 1 aromatic rings. The third-order valence-electron chi connectivity index (χ3n) is 4.09. The van der Waals surface area contributed by atoms with Gasteiger partial charge in [-0.1, -0.05) is 83.1 Å². The number of nitrogens with two attached hydrogens (primary N) is 1. The first-order valence-electron chi connectivity index (χ1n) is 8.36. The molecule has 114 valence electrons. The third-order valence-corrected chi connectivity index (χ3v) is 4.09. The Labute approximate surface area is 125 Å². The van der Waals surface area contributed by atoms with E-state index in [1.165, 1.54) is 56.1 Å². The molecule has 0 aliphatic heterocycles. The standard InChI is InChI=1S/C18H32N2/c1-3-5-6-7-8-9-10-11-18(20-19)17-14-12-16(4-2)13-15-17/h12-15,18,20H,3-11,19H2,1-2H3. The van der Waals surface area contributed by atoms with Gasteiger partial charge in [0.1, 0.15) is 0 Å². The monoisotopic (exact) mass is 276 g/mol. The fraction of sp³-hybridized carbons (Fsp3) is 0.667. The number of rotatable bonds is 11. The van der Waals surface area contributed by atoms with Gasteiger partial charge in [0.25, 0.3) is 0 Å². The Hall–Kier alpha value is -0.860. The number of hydrogen-bond acceptors (Lipinski definition) is 2. The van der Waals surface area contributed by atoms with Crippen LogP contribution < -0.4 is 11.3 Å². The van der Waals surface area contributed by atoms with Crippen LogP contribution in [-0.2, 0) is 6.42 Å². The topological polar surface area (TPSA) is 38.0 Å². The number of unbranched alkanes of at least 4 members (excludes halogenated alkanes) is 6. The molecule has 2 heteroatoms. The number of hydrazine groups is 1. The van der Waals surface area contributed by atoms with E-state index >= 15 is 0 Å². The van der Waals surface area contributed by atoms with Gasteiger partial charge >= 0.3 is 0 Å². The largest absolute Gasteiger partial charge is 0.271 e. The van der Waals surface area contributed by atoms with Crippen molar-refractivity contribution in [3.05, 3.63) is 35.4 Å². The molecule has 20 heavy (non-hydrogen) atoms. The van der Waals surface area contributed by atoms with E-state index in [0.717, 1.165) is 12.8 Å². The van der Waals surface area contributed by atoms with Crippen LogP contribution in [0.5, 0.6) is 0 Å². The second-order valence-corrected chi connectivity index (χ2v) is 5.72. The molecule has 0 fully saturated rings. The minimum atomic E-state index is 0.302. The maximum atomic E-state index is 5.71. The predicted molar refractivity (Wildman–Crippen MR) is 88.5 cm³/mol. The molecular formula is C18H32N2. The minimum absolute atomic E-state index is 0.302. The number of hydrogen-bond donors (Lipinski definition) is 2. The number of nitrogens with one attached hydrogen (secondary N) is 1. The van der Waals surface area contributed by atoms with E-state index in [9.17, 15) is 0 Å². The molecule has 0 amide bonds. The summed E-state index contributed by atoms with van der Waals surface area (Å²) >= 11 is 0. The summed E-state index contributed by atoms with van der Waals surface area (Å²) in [5.74, 6) is 5.71. The Bertz CT molecular complexity index is 332. The van der Waals surface area contributed by atoms with E-state index in [2.05, 4.69) is 43.5 Å². The van der Waals surface area contributed by atoms with Crippen LogP contribution in [0, 0.1) is 0 Å². The first kappa shape index (κ1) is 17.2. The fourth-order valence-corrected chi connectivity index (χ4v) is 2.64. The first-order valence-corrected chi connectivity index (χ1v) is 8.36. The zero-order chi connectivity index (χ0) is 14.6. The van der Waals surface area contributed by atoms with E-state index in [4.69, 9.17) is 5.84 Å². The SMILES string of the molecule is CCCCCCCCCC(NN)c1ccc(CC)cc1. The number of aryl methyl sites for hydroxylation is 1. The average Bonchev–Trinajstić information content (AvgIpc) is 2.50. The molecule has 0 aliphatic carbocycles. The van der Waals surface area contributed by atoms with Crippen molar-refractivity contribution in [3.63, 3.8) is 0 Å². The van der Waals surface area contributed by atoms with Gasteiger partial charge in [0.2, 0.25) is 0 Å². The summed E-state index contributed by atoms with van der Waals surface area (Å²) in [5.41, 5.74) is 5.67. The van der Waals surface area contributed by atoms with Crippen LogP contribution in [0.2, 0.25) is 0 Å². The Morgan fingerprint density at radius 1 is 0.900 bits per heavy atom. The molecule has 0 aromatic heterocycles. The molecule has 1 atom stereocenters. The summed E-state index contributed by atoms with van der Waals surface area (Å²) < 4.78 is 0. The lowest BCUT2D eigenvalue weighted by atomic mass is 9.98. The molecule has 0 radical (unpaired) electrons. The summed E-state index contributed by atoms with van der Waals surface area (Å²) in [4.78, 5) is 0. The van der Waals surface area contributed by atoms with Gasteiger partial charge in [0, 0.05) is 6.04 Å². The smallest absolute Gasteiger partial charge is 0.0460 e. The molecule has 1 unspecified atom stereocenters. The van der Waals surface area contributed by atoms with Crippen LogP contribution in [0.25, 0.3) is 0 Å². The average molecular weight is 276 g/mol. The second-order valence-electron chi connectivity index (χ2n) is 5.72. The number of benzene rings is 1. The van der Waals surface area contributed by atoms with E-state index in [-0.39, 0.29) is 0 Å². The summed E-state index contributed by atoms with van der Waals surface area (Å²) in [7, 11) is 0. The molecule has 0 bridgehead atoms. The minimum Gasteiger partial charge on any atom is -0.271 e. The van der Waals surface area contributed by atoms with E-state index in [0.29, 0.717) is 6.04 Å². The Morgan fingerprint density at radius 3 is 2.05 bits per heavy atom. The molecular weight excluding hydrogens is 244 g/mol. The zero-order valence-electron chi connectivity index (χ0n) is 13.3. The van der Waals surface area contributed by atoms with E-state index in [1.54, 1.807) is 0 Å². The van der Waals surface area contributed by atoms with E-state index in [1.807, 2.05) is 0 Å². The molecule has 0 heterocycles. The van der Waals surface area contributed by atoms with Crippen molar-refractivity contribution in [1.82, 2.24) is 5.43 Å². The van der Waals surface area contributed by atoms with Gasteiger partial charge in [0.15, 0.2) is 0 Å². The van der Waals surface area contributed by atoms with Crippen LogP contribution in [-0.4, -0.2) is 0 Å². The molecule has 1 aromatic carbocycles. The second kappa shape index (κ2) is 10.9. The lowest BCUT2D eigenvalue weighted by Gasteiger charge is -2.16. The van der Waals surface area contributed by atoms with Crippen molar-refractivity contribution in [1.29, 1.82) is 0 Å². The van der Waals surface area contributed by atoms with Crippen molar-refractivity contribution in [2.24, 2.45) is 5.84 Å². The highest BCUT2D eigenvalue weighted by Gasteiger charge is 2.08. The highest BCUT2D eigenvalue weighted by molar-refractivity contribution is 5.24. The Kier molecular flexibility index (Phi) is 9.35. The quantitative estimate of drug-likeness (QED) is 0.343. The third kappa shape index (κ3) is 6.53. The Morgan fingerprint density at radius 2 is 1.50 bits per heavy atom. The molecule has 2 nitrogen and oxygen atoms in total. The summed E-state index contributed by atoms with van der Waals surface area (Å²) in [6.45, 7) is 4.45. The molecule has 0 saturated carbocycles. The highest BCUT2D eigenvalue weighted by atomic mass is 15.2. The van der Waals surface area contributed by atoms with Gasteiger partial charge in [-0.25, -0.2) is 0 Å². The van der Waals surface area contributed by atoms with Crippen molar-refractivity contribution in [2.45, 2.75) is 77.7 Å². The fourth-order valence-electron chi connectivity index (χ4n) is 2.64. The van der Waals surface area contributed by atoms with Gasteiger partial charge in [-0.05, 0) is 24.0 Å². The van der Waals surface area contributed by atoms with Gasteiger partial charge in [0.05, 0.1) is 0 Å². The normalized spacial score (nSPS) is 12.6. The van der Waals surface area contributed by atoms with E-state index < -0.39 is 0 Å². The lowest BCUT2D eigenvalue weighted by molar-refractivity contribution is 0.475. The van der Waals surface area contributed by atoms with Crippen molar-refractivity contribution in [2.75, 3.05) is 0 Å². The maximum absolute atomic E-state index is 5.71. The first-order chi connectivity index (χ1) is 9.81. The van der Waals surface area contributed by atoms with Crippen LogP contribution in [0.1, 0.15) is 82.4 Å². The predicted octanol–water partition coefficient (Wildman–Crippen LogP) is 4.89. The lowest BCUT2D eigenvalue weighted by Crippen LogP contribution is -2.27. The van der Waals surface area contributed by atoms with Gasteiger partial charge in [-0.15, -0.1) is 0 Å². The van der Waals surface area contributed by atoms with Crippen LogP contribution in [0.15, 0.2) is 24.3 Å². The Balaban J connectivity index is 2.24. The van der Waals surface area contributed by atoms with Crippen molar-refractivity contribution < 1.29 is 0 Å². The summed E-state index contributed by atoms with van der Waals surface area (Å²) in [6, 6.07) is 9.15. The van der Waals surface area contributed by atoms with Gasteiger partial charge in [-0.3, -0.25) is 11.3 Å². The molecule has 0 saturated heterocycles. The van der Waals surface area contributed by atoms with Crippen molar-refractivity contribution in [3.8, 4) is 0 Å². The summed E-state index contributed by atoms with van der Waals surface area (Å²) in [6.07, 6.45) is 11.7. The van der Waals surface area contributed by atoms with Gasteiger partial charge in [-0.2, -0.15) is 0 Å². The maximum Gasteiger partial charge on any atom is 0.0460 e. The van der Waals surface area contributed by atoms with Gasteiger partial charge < -0.3 is 0 Å². The molecule has 3 N–H and O–H groups in total. The molecule has 0 aliphatic rings. The highest BCUT2D eigenvalue weighted by Crippen LogP contribution is 2.20. The van der Waals surface area contributed by atoms with Crippen LogP contribution in [0.4, 0.5) is 0 Å². The van der Waals surface area contributed by atoms with Crippen molar-refractivity contribution >= 4 is 0 Å². The summed E-state index contributed by atoms with van der Waals surface area (Å²) in [5, 5.41) is 0.